The van der Waals surface area contributed by atoms with Crippen LogP contribution in [0.4, 0.5) is 0 Å². The molecule has 0 fully saturated rings. The zero-order valence-corrected chi connectivity index (χ0v) is 27.1. The number of hydrogen-bond acceptors (Lipinski definition) is 1. The van der Waals surface area contributed by atoms with Crippen LogP contribution in [-0.2, 0) is 10.8 Å². The Morgan fingerprint density at radius 1 is 0.422 bits per heavy atom. The van der Waals surface area contributed by atoms with Gasteiger partial charge in [-0.25, -0.2) is 4.98 Å². The van der Waals surface area contributed by atoms with Crippen molar-refractivity contribution in [2.24, 2.45) is 0 Å². The van der Waals surface area contributed by atoms with E-state index >= 15 is 0 Å². The van der Waals surface area contributed by atoms with Crippen LogP contribution in [0.15, 0.2) is 133 Å². The number of benzene rings is 5. The smallest absolute Gasteiger partial charge is 0.0715 e. The maximum atomic E-state index is 5.07. The SMILES string of the molecule is CC(C)(C)c1ccc2c(c1)c1cc(C(C)(C)C)ccc1n2-c1ccc(-c2cc(-c3ccccc3)nc(-c3ccccc3)c2)cc1. The molecular formula is C43H40N2. The van der Waals surface area contributed by atoms with Crippen LogP contribution < -0.4 is 0 Å². The molecule has 0 aliphatic heterocycles. The van der Waals surface area contributed by atoms with Gasteiger partial charge in [0, 0.05) is 27.6 Å². The molecule has 7 aromatic rings. The van der Waals surface area contributed by atoms with Crippen molar-refractivity contribution in [3.63, 3.8) is 0 Å². The first kappa shape index (κ1) is 28.8. The van der Waals surface area contributed by atoms with E-state index in [0.717, 1.165) is 33.8 Å². The molecule has 0 atom stereocenters. The number of aromatic nitrogens is 2. The Bertz CT molecular complexity index is 2010. The zero-order valence-electron chi connectivity index (χ0n) is 27.1. The molecule has 7 rings (SSSR count). The molecule has 2 aromatic heterocycles. The molecule has 0 aliphatic rings. The normalized spacial score (nSPS) is 12.2. The van der Waals surface area contributed by atoms with Gasteiger partial charge in [-0.05, 0) is 81.6 Å². The summed E-state index contributed by atoms with van der Waals surface area (Å²) in [7, 11) is 0. The van der Waals surface area contributed by atoms with E-state index in [0.29, 0.717) is 0 Å². The van der Waals surface area contributed by atoms with E-state index in [-0.39, 0.29) is 10.8 Å². The van der Waals surface area contributed by atoms with Crippen LogP contribution in [0.1, 0.15) is 52.7 Å². The molecule has 2 heteroatoms. The quantitative estimate of drug-likeness (QED) is 0.201. The van der Waals surface area contributed by atoms with E-state index < -0.39 is 0 Å². The molecule has 2 heterocycles. The number of fused-ring (bicyclic) bond motifs is 3. The average molecular weight is 585 g/mol. The third-order valence-electron chi connectivity index (χ3n) is 8.92. The van der Waals surface area contributed by atoms with Crippen LogP contribution in [-0.4, -0.2) is 9.55 Å². The van der Waals surface area contributed by atoms with Gasteiger partial charge in [-0.15, -0.1) is 0 Å². The lowest BCUT2D eigenvalue weighted by atomic mass is 9.85. The lowest BCUT2D eigenvalue weighted by molar-refractivity contribution is 0.590. The number of nitrogens with zero attached hydrogens (tertiary/aromatic N) is 2. The van der Waals surface area contributed by atoms with Gasteiger partial charge in [0.2, 0.25) is 0 Å². The van der Waals surface area contributed by atoms with Gasteiger partial charge in [0.1, 0.15) is 0 Å². The molecule has 5 aromatic carbocycles. The van der Waals surface area contributed by atoms with Gasteiger partial charge in [-0.1, -0.05) is 126 Å². The zero-order chi connectivity index (χ0) is 31.3. The van der Waals surface area contributed by atoms with Gasteiger partial charge in [0.15, 0.2) is 0 Å². The molecule has 0 unspecified atom stereocenters. The van der Waals surface area contributed by atoms with E-state index in [1.165, 1.54) is 38.5 Å². The predicted octanol–water partition coefficient (Wildman–Crippen LogP) is 11.8. The van der Waals surface area contributed by atoms with Crippen LogP contribution in [0.3, 0.4) is 0 Å². The molecule has 222 valence electrons. The Kier molecular flexibility index (Phi) is 6.97. The summed E-state index contributed by atoms with van der Waals surface area (Å²) in [6.45, 7) is 13.7. The molecule has 0 radical (unpaired) electrons. The summed E-state index contributed by atoms with van der Waals surface area (Å²) in [5.74, 6) is 0. The maximum Gasteiger partial charge on any atom is 0.0715 e. The summed E-state index contributed by atoms with van der Waals surface area (Å²) in [4.78, 5) is 5.07. The van der Waals surface area contributed by atoms with Crippen molar-refractivity contribution in [2.45, 2.75) is 52.4 Å². The fourth-order valence-electron chi connectivity index (χ4n) is 6.25. The maximum absolute atomic E-state index is 5.07. The van der Waals surface area contributed by atoms with Gasteiger partial charge in [0.05, 0.1) is 22.4 Å². The lowest BCUT2D eigenvalue weighted by Gasteiger charge is -2.19. The molecule has 0 amide bonds. The summed E-state index contributed by atoms with van der Waals surface area (Å²) < 4.78 is 2.42. The van der Waals surface area contributed by atoms with Crippen molar-refractivity contribution < 1.29 is 0 Å². The minimum absolute atomic E-state index is 0.0770. The van der Waals surface area contributed by atoms with E-state index in [9.17, 15) is 0 Å². The fraction of sp³-hybridized carbons (Fsp3) is 0.186. The minimum atomic E-state index is 0.0770. The average Bonchev–Trinajstić information content (AvgIpc) is 3.38. The van der Waals surface area contributed by atoms with Crippen LogP contribution in [0, 0.1) is 0 Å². The number of pyridine rings is 1. The highest BCUT2D eigenvalue weighted by atomic mass is 15.0. The van der Waals surface area contributed by atoms with Crippen molar-refractivity contribution in [1.29, 1.82) is 0 Å². The summed E-state index contributed by atoms with van der Waals surface area (Å²) in [5, 5.41) is 2.61. The van der Waals surface area contributed by atoms with Crippen molar-refractivity contribution in [3.05, 3.63) is 145 Å². The highest BCUT2D eigenvalue weighted by Gasteiger charge is 2.21. The first-order valence-corrected chi connectivity index (χ1v) is 15.9. The van der Waals surface area contributed by atoms with Crippen LogP contribution in [0.25, 0.3) is 61.1 Å². The fourth-order valence-corrected chi connectivity index (χ4v) is 6.25. The van der Waals surface area contributed by atoms with Crippen molar-refractivity contribution in [3.8, 4) is 39.3 Å². The molecular weight excluding hydrogens is 544 g/mol. The standard InChI is InChI=1S/C43H40N2/c1-42(2,3)33-19-23-40-36(27-33)37-28-34(43(4,5)6)20-24-41(37)45(40)35-21-17-29(18-22-35)32-25-38(30-13-9-7-10-14-30)44-39(26-32)31-15-11-8-12-16-31/h7-28H,1-6H3. The molecule has 0 bridgehead atoms. The molecule has 0 saturated carbocycles. The largest absolute Gasteiger partial charge is 0.309 e. The van der Waals surface area contributed by atoms with E-state index in [4.69, 9.17) is 4.98 Å². The monoisotopic (exact) mass is 584 g/mol. The molecule has 45 heavy (non-hydrogen) atoms. The Balaban J connectivity index is 1.38. The Morgan fingerprint density at radius 2 is 0.867 bits per heavy atom. The van der Waals surface area contributed by atoms with Gasteiger partial charge >= 0.3 is 0 Å². The molecule has 0 saturated heterocycles. The van der Waals surface area contributed by atoms with Crippen LogP contribution in [0.2, 0.25) is 0 Å². The van der Waals surface area contributed by atoms with Crippen LogP contribution in [0.5, 0.6) is 0 Å². The van der Waals surface area contributed by atoms with Gasteiger partial charge in [-0.3, -0.25) is 0 Å². The molecule has 0 N–H and O–H groups in total. The second kappa shape index (κ2) is 10.9. The highest BCUT2D eigenvalue weighted by Crippen LogP contribution is 2.38. The van der Waals surface area contributed by atoms with E-state index in [2.05, 4.69) is 167 Å². The second-order valence-corrected chi connectivity index (χ2v) is 14.2. The summed E-state index contributed by atoms with van der Waals surface area (Å²) in [5.41, 5.74) is 13.0. The van der Waals surface area contributed by atoms with Gasteiger partial charge in [0.25, 0.3) is 0 Å². The van der Waals surface area contributed by atoms with Crippen LogP contribution >= 0.6 is 0 Å². The highest BCUT2D eigenvalue weighted by molar-refractivity contribution is 6.10. The molecule has 0 aliphatic carbocycles. The Labute approximate surface area is 267 Å². The Morgan fingerprint density at radius 3 is 1.29 bits per heavy atom. The molecule has 2 nitrogen and oxygen atoms in total. The third kappa shape index (κ3) is 5.46. The van der Waals surface area contributed by atoms with Crippen molar-refractivity contribution in [2.75, 3.05) is 0 Å². The molecule has 0 spiro atoms. The number of rotatable bonds is 4. The predicted molar refractivity (Wildman–Crippen MR) is 192 cm³/mol. The van der Waals surface area contributed by atoms with E-state index in [1.54, 1.807) is 0 Å². The minimum Gasteiger partial charge on any atom is -0.309 e. The first-order valence-electron chi connectivity index (χ1n) is 15.9. The lowest BCUT2D eigenvalue weighted by Crippen LogP contribution is -2.10. The van der Waals surface area contributed by atoms with E-state index in [1.807, 2.05) is 12.1 Å². The topological polar surface area (TPSA) is 17.8 Å². The van der Waals surface area contributed by atoms with Crippen molar-refractivity contribution >= 4 is 21.8 Å². The second-order valence-electron chi connectivity index (χ2n) is 14.2. The summed E-state index contributed by atoms with van der Waals surface area (Å²) in [6, 6.07) is 48.3. The summed E-state index contributed by atoms with van der Waals surface area (Å²) in [6.07, 6.45) is 0. The summed E-state index contributed by atoms with van der Waals surface area (Å²) >= 11 is 0. The number of hydrogen-bond donors (Lipinski definition) is 0. The van der Waals surface area contributed by atoms with Gasteiger partial charge < -0.3 is 4.57 Å². The van der Waals surface area contributed by atoms with Crippen molar-refractivity contribution in [1.82, 2.24) is 9.55 Å². The van der Waals surface area contributed by atoms with Gasteiger partial charge in [-0.2, -0.15) is 0 Å². The Hall–Kier alpha value is -4.95. The third-order valence-corrected chi connectivity index (χ3v) is 8.92. The first-order chi connectivity index (χ1) is 21.6.